The maximum Gasteiger partial charge on any atom is 0.295 e. The smallest absolute Gasteiger partial charge is 0.295 e. The quantitative estimate of drug-likeness (QED) is 0.310. The molecule has 1 atom stereocenters. The molecule has 1 aliphatic rings. The van der Waals surface area contributed by atoms with E-state index in [1.54, 1.807) is 25.3 Å². The monoisotopic (exact) mass is 467 g/mol. The van der Waals surface area contributed by atoms with E-state index in [0.717, 1.165) is 12.0 Å². The molecule has 0 saturated carbocycles. The molecular weight excluding hydrogens is 434 g/mol. The lowest BCUT2D eigenvalue weighted by atomic mass is 9.93. The first-order valence-electron chi connectivity index (χ1n) is 11.5. The zero-order valence-electron chi connectivity index (χ0n) is 20.5. The predicted octanol–water partition coefficient (Wildman–Crippen LogP) is 4.68. The molecule has 7 heteroatoms. The summed E-state index contributed by atoms with van der Waals surface area (Å²) in [6, 6.07) is 11.8. The Labute approximate surface area is 200 Å². The van der Waals surface area contributed by atoms with Gasteiger partial charge in [-0.3, -0.25) is 9.59 Å². The highest BCUT2D eigenvalue weighted by Crippen LogP contribution is 2.41. The van der Waals surface area contributed by atoms with Crippen molar-refractivity contribution in [2.45, 2.75) is 39.2 Å². The normalized spacial score (nSPS) is 17.5. The highest BCUT2D eigenvalue weighted by molar-refractivity contribution is 6.46. The molecule has 1 aliphatic heterocycles. The average molecular weight is 468 g/mol. The summed E-state index contributed by atoms with van der Waals surface area (Å²) in [7, 11) is 3.13. The maximum atomic E-state index is 13.2. The summed E-state index contributed by atoms with van der Waals surface area (Å²) in [6.07, 6.45) is 0.853. The lowest BCUT2D eigenvalue weighted by molar-refractivity contribution is -0.140. The number of hydrogen-bond acceptors (Lipinski definition) is 6. The van der Waals surface area contributed by atoms with Crippen molar-refractivity contribution >= 4 is 17.4 Å². The van der Waals surface area contributed by atoms with E-state index in [0.29, 0.717) is 29.2 Å². The van der Waals surface area contributed by atoms with Gasteiger partial charge >= 0.3 is 0 Å². The fraction of sp³-hybridized carbons (Fsp3) is 0.407. The van der Waals surface area contributed by atoms with Crippen LogP contribution >= 0.6 is 0 Å². The van der Waals surface area contributed by atoms with Crippen LogP contribution in [0.15, 0.2) is 48.0 Å². The molecule has 0 aliphatic carbocycles. The number of hydrogen-bond donors (Lipinski definition) is 1. The third-order valence-corrected chi connectivity index (χ3v) is 5.85. The number of amides is 1. The molecule has 2 aromatic carbocycles. The molecule has 7 nitrogen and oxygen atoms in total. The molecule has 182 valence electrons. The van der Waals surface area contributed by atoms with Crippen molar-refractivity contribution in [1.29, 1.82) is 0 Å². The summed E-state index contributed by atoms with van der Waals surface area (Å²) in [5, 5.41) is 11.3. The van der Waals surface area contributed by atoms with Gasteiger partial charge in [0.25, 0.3) is 11.7 Å². The minimum atomic E-state index is -0.759. The van der Waals surface area contributed by atoms with Crippen LogP contribution in [-0.4, -0.2) is 55.7 Å². The van der Waals surface area contributed by atoms with Gasteiger partial charge in [-0.05, 0) is 53.8 Å². The largest absolute Gasteiger partial charge is 0.507 e. The summed E-state index contributed by atoms with van der Waals surface area (Å²) in [6.45, 7) is 7.08. The SMILES string of the molecule is CCCOc1cccc(C2/C(=C(\O)c3ccc(OC)c(C(C)C)c3)C(=O)C(=O)N2CCOC)c1. The van der Waals surface area contributed by atoms with Crippen molar-refractivity contribution in [2.24, 2.45) is 0 Å². The molecule has 2 aromatic rings. The number of ketones is 1. The summed E-state index contributed by atoms with van der Waals surface area (Å²) in [5.41, 5.74) is 2.08. The van der Waals surface area contributed by atoms with E-state index in [2.05, 4.69) is 0 Å². The van der Waals surface area contributed by atoms with Crippen LogP contribution in [-0.2, 0) is 14.3 Å². The van der Waals surface area contributed by atoms with Crippen LogP contribution in [0.5, 0.6) is 11.5 Å². The highest BCUT2D eigenvalue weighted by atomic mass is 16.5. The molecule has 0 aromatic heterocycles. The van der Waals surface area contributed by atoms with Gasteiger partial charge in [-0.25, -0.2) is 0 Å². The number of rotatable bonds is 10. The third kappa shape index (κ3) is 5.09. The molecule has 0 radical (unpaired) electrons. The molecule has 34 heavy (non-hydrogen) atoms. The van der Waals surface area contributed by atoms with Gasteiger partial charge in [0.05, 0.1) is 31.9 Å². The number of methoxy groups -OCH3 is 2. The van der Waals surface area contributed by atoms with Crippen LogP contribution < -0.4 is 9.47 Å². The summed E-state index contributed by atoms with van der Waals surface area (Å²) in [5.74, 6) is -0.128. The molecule has 3 rings (SSSR count). The number of nitrogens with zero attached hydrogens (tertiary/aromatic N) is 1. The molecular formula is C27H33NO6. The Balaban J connectivity index is 2.16. The van der Waals surface area contributed by atoms with Crippen LogP contribution in [0.4, 0.5) is 0 Å². The number of aliphatic hydroxyl groups is 1. The van der Waals surface area contributed by atoms with E-state index < -0.39 is 17.7 Å². The maximum absolute atomic E-state index is 13.2. The Morgan fingerprint density at radius 3 is 2.50 bits per heavy atom. The Morgan fingerprint density at radius 2 is 1.85 bits per heavy atom. The van der Waals surface area contributed by atoms with E-state index >= 15 is 0 Å². The van der Waals surface area contributed by atoms with Crippen molar-refractivity contribution < 1.29 is 28.9 Å². The molecule has 1 saturated heterocycles. The molecule has 1 amide bonds. The van der Waals surface area contributed by atoms with Crippen molar-refractivity contribution in [3.63, 3.8) is 0 Å². The van der Waals surface area contributed by atoms with Crippen LogP contribution in [0, 0.1) is 0 Å². The molecule has 1 unspecified atom stereocenters. The van der Waals surface area contributed by atoms with Crippen LogP contribution in [0.3, 0.4) is 0 Å². The molecule has 1 N–H and O–H groups in total. The number of carbonyl (C=O) groups excluding carboxylic acids is 2. The first kappa shape index (κ1) is 25.3. The van der Waals surface area contributed by atoms with E-state index in [9.17, 15) is 14.7 Å². The Morgan fingerprint density at radius 1 is 1.09 bits per heavy atom. The molecule has 0 spiro atoms. The van der Waals surface area contributed by atoms with Crippen LogP contribution in [0.2, 0.25) is 0 Å². The first-order chi connectivity index (χ1) is 16.3. The van der Waals surface area contributed by atoms with Crippen molar-refractivity contribution in [1.82, 2.24) is 4.90 Å². The van der Waals surface area contributed by atoms with Gasteiger partial charge in [0.1, 0.15) is 17.3 Å². The fourth-order valence-electron chi connectivity index (χ4n) is 4.13. The van der Waals surface area contributed by atoms with Gasteiger partial charge in [-0.1, -0.05) is 32.9 Å². The predicted molar refractivity (Wildman–Crippen MR) is 130 cm³/mol. The minimum absolute atomic E-state index is 0.0496. The van der Waals surface area contributed by atoms with E-state index in [-0.39, 0.29) is 30.4 Å². The van der Waals surface area contributed by atoms with Crippen LogP contribution in [0.1, 0.15) is 55.8 Å². The Kier molecular flexibility index (Phi) is 8.34. The third-order valence-electron chi connectivity index (χ3n) is 5.85. The lowest BCUT2D eigenvalue weighted by Gasteiger charge is -2.25. The highest BCUT2D eigenvalue weighted by Gasteiger charge is 2.46. The van der Waals surface area contributed by atoms with Gasteiger partial charge in [0, 0.05) is 19.2 Å². The number of carbonyl (C=O) groups is 2. The van der Waals surface area contributed by atoms with Gasteiger partial charge in [0.15, 0.2) is 0 Å². The lowest BCUT2D eigenvalue weighted by Crippen LogP contribution is -2.32. The van der Waals surface area contributed by atoms with Gasteiger partial charge in [-0.15, -0.1) is 0 Å². The zero-order chi connectivity index (χ0) is 24.8. The second kappa shape index (κ2) is 11.2. The number of likely N-dealkylation sites (tertiary alicyclic amines) is 1. The number of aliphatic hydroxyl groups excluding tert-OH is 1. The van der Waals surface area contributed by atoms with Crippen LogP contribution in [0.25, 0.3) is 5.76 Å². The van der Waals surface area contributed by atoms with Gasteiger partial charge in [0.2, 0.25) is 0 Å². The van der Waals surface area contributed by atoms with Crippen molar-refractivity contribution in [3.8, 4) is 11.5 Å². The Hall–Kier alpha value is -3.32. The van der Waals surface area contributed by atoms with Crippen molar-refractivity contribution in [3.05, 3.63) is 64.7 Å². The molecule has 0 bridgehead atoms. The topological polar surface area (TPSA) is 85.3 Å². The number of Topliss-reactive ketones (excluding diaryl/α,β-unsaturated/α-hetero) is 1. The van der Waals surface area contributed by atoms with Gasteiger partial charge in [-0.2, -0.15) is 0 Å². The number of ether oxygens (including phenoxy) is 3. The summed E-state index contributed by atoms with van der Waals surface area (Å²) in [4.78, 5) is 27.6. The van der Waals surface area contributed by atoms with Crippen molar-refractivity contribution in [2.75, 3.05) is 34.0 Å². The van der Waals surface area contributed by atoms with E-state index in [4.69, 9.17) is 14.2 Å². The fourth-order valence-corrected chi connectivity index (χ4v) is 4.13. The molecule has 1 heterocycles. The zero-order valence-corrected chi connectivity index (χ0v) is 20.5. The van der Waals surface area contributed by atoms with E-state index in [1.807, 2.05) is 45.0 Å². The Bertz CT molecular complexity index is 1070. The van der Waals surface area contributed by atoms with E-state index in [1.165, 1.54) is 12.0 Å². The minimum Gasteiger partial charge on any atom is -0.507 e. The number of benzene rings is 2. The summed E-state index contributed by atoms with van der Waals surface area (Å²) >= 11 is 0. The second-order valence-corrected chi connectivity index (χ2v) is 8.52. The summed E-state index contributed by atoms with van der Waals surface area (Å²) < 4.78 is 16.4. The first-order valence-corrected chi connectivity index (χ1v) is 11.5. The second-order valence-electron chi connectivity index (χ2n) is 8.52. The van der Waals surface area contributed by atoms with Gasteiger partial charge < -0.3 is 24.2 Å². The average Bonchev–Trinajstić information content (AvgIpc) is 3.10. The molecule has 1 fully saturated rings. The standard InChI is InChI=1S/C27H33NO6/c1-6-13-34-20-9-7-8-18(15-20)24-23(26(30)27(31)28(24)12-14-32-4)25(29)19-10-11-22(33-5)21(16-19)17(2)3/h7-11,15-17,24,29H,6,12-14H2,1-5H3/b25-23+.